The molecule has 7 nitrogen and oxygen atoms in total. The van der Waals surface area contributed by atoms with Crippen molar-refractivity contribution in [1.29, 1.82) is 0 Å². The number of nitrogens with one attached hydrogen (secondary N) is 1. The largest absolute Gasteiger partial charge is 0.389 e. The van der Waals surface area contributed by atoms with Gasteiger partial charge in [0.2, 0.25) is 10.0 Å². The summed E-state index contributed by atoms with van der Waals surface area (Å²) >= 11 is 0. The smallest absolute Gasteiger partial charge is 0.243 e. The number of benzene rings is 1. The molecule has 0 amide bonds. The number of nitrogens with zero attached hydrogens (tertiary/aromatic N) is 1. The zero-order chi connectivity index (χ0) is 17.9. The molecule has 2 heterocycles. The molecule has 0 aromatic heterocycles. The maximum atomic E-state index is 12.7. The van der Waals surface area contributed by atoms with E-state index in [4.69, 9.17) is 4.74 Å². The molecule has 3 N–H and O–H groups in total. The summed E-state index contributed by atoms with van der Waals surface area (Å²) in [7, 11) is -3.72. The quantitative estimate of drug-likeness (QED) is 0.641. The van der Waals surface area contributed by atoms with E-state index in [1.54, 1.807) is 18.2 Å². The van der Waals surface area contributed by atoms with Gasteiger partial charge in [-0.05, 0) is 37.4 Å². The molecule has 0 unspecified atom stereocenters. The average Bonchev–Trinajstić information content (AvgIpc) is 2.92. The van der Waals surface area contributed by atoms with Gasteiger partial charge in [0.25, 0.3) is 0 Å². The number of sulfonamides is 1. The first-order chi connectivity index (χ1) is 11.9. The number of ether oxygens (including phenoxy) is 1. The second-order valence-electron chi connectivity index (χ2n) is 6.92. The SMILES string of the molecule is O=S(=O)(c1ccccc1)N1C[C@@H](O)[C@](O)(CNCC2CCOCC2)C1. The number of aliphatic hydroxyl groups is 2. The van der Waals surface area contributed by atoms with Crippen LogP contribution in [0.2, 0.25) is 0 Å². The van der Waals surface area contributed by atoms with Gasteiger partial charge in [-0.25, -0.2) is 8.42 Å². The van der Waals surface area contributed by atoms with Crippen LogP contribution in [-0.4, -0.2) is 74.0 Å². The molecule has 25 heavy (non-hydrogen) atoms. The molecule has 0 bridgehead atoms. The summed E-state index contributed by atoms with van der Waals surface area (Å²) in [5, 5.41) is 24.2. The van der Waals surface area contributed by atoms with E-state index >= 15 is 0 Å². The molecule has 2 fully saturated rings. The lowest BCUT2D eigenvalue weighted by Crippen LogP contribution is -2.51. The summed E-state index contributed by atoms with van der Waals surface area (Å²) in [4.78, 5) is 0.168. The van der Waals surface area contributed by atoms with Gasteiger partial charge in [0.15, 0.2) is 0 Å². The first-order valence-corrected chi connectivity index (χ1v) is 10.1. The van der Waals surface area contributed by atoms with Crippen LogP contribution in [0.25, 0.3) is 0 Å². The summed E-state index contributed by atoms with van der Waals surface area (Å²) in [6.07, 6.45) is 0.832. The Kier molecular flexibility index (Phi) is 5.77. The number of β-amino-alcohol motifs (C(OH)–C–C–N with tert-alkyl or cyclic N) is 2. The zero-order valence-corrected chi connectivity index (χ0v) is 15.0. The fourth-order valence-corrected chi connectivity index (χ4v) is 4.91. The lowest BCUT2D eigenvalue weighted by Gasteiger charge is -2.28. The highest BCUT2D eigenvalue weighted by Gasteiger charge is 2.48. The van der Waals surface area contributed by atoms with E-state index in [0.717, 1.165) is 36.9 Å². The molecule has 0 radical (unpaired) electrons. The number of rotatable bonds is 6. The maximum absolute atomic E-state index is 12.7. The summed E-state index contributed by atoms with van der Waals surface area (Å²) < 4.78 is 31.8. The van der Waals surface area contributed by atoms with Crippen molar-refractivity contribution in [3.8, 4) is 0 Å². The van der Waals surface area contributed by atoms with Crippen molar-refractivity contribution < 1.29 is 23.4 Å². The number of hydrogen-bond acceptors (Lipinski definition) is 6. The van der Waals surface area contributed by atoms with Gasteiger partial charge in [-0.1, -0.05) is 18.2 Å². The summed E-state index contributed by atoms with van der Waals surface area (Å²) in [5.41, 5.74) is -1.48. The van der Waals surface area contributed by atoms with Gasteiger partial charge in [-0.15, -0.1) is 0 Å². The molecule has 2 aliphatic rings. The molecule has 3 rings (SSSR count). The minimum atomic E-state index is -3.72. The van der Waals surface area contributed by atoms with E-state index in [9.17, 15) is 18.6 Å². The molecule has 2 aliphatic heterocycles. The summed E-state index contributed by atoms with van der Waals surface area (Å²) in [6.45, 7) is 2.17. The van der Waals surface area contributed by atoms with Crippen molar-refractivity contribution in [3.05, 3.63) is 30.3 Å². The van der Waals surface area contributed by atoms with Crippen molar-refractivity contribution >= 4 is 10.0 Å². The predicted molar refractivity (Wildman–Crippen MR) is 92.6 cm³/mol. The van der Waals surface area contributed by atoms with Gasteiger partial charge in [0.1, 0.15) is 5.60 Å². The van der Waals surface area contributed by atoms with Crippen LogP contribution in [0.5, 0.6) is 0 Å². The highest BCUT2D eigenvalue weighted by Crippen LogP contribution is 2.27. The third-order valence-corrected chi connectivity index (χ3v) is 6.86. The molecule has 140 valence electrons. The second-order valence-corrected chi connectivity index (χ2v) is 8.85. The second kappa shape index (κ2) is 7.69. The Balaban J connectivity index is 1.60. The molecule has 8 heteroatoms. The van der Waals surface area contributed by atoms with Gasteiger partial charge < -0.3 is 20.3 Å². The van der Waals surface area contributed by atoms with Crippen LogP contribution in [0.4, 0.5) is 0 Å². The van der Waals surface area contributed by atoms with Gasteiger partial charge in [0.05, 0.1) is 11.0 Å². The van der Waals surface area contributed by atoms with Crippen LogP contribution >= 0.6 is 0 Å². The van der Waals surface area contributed by atoms with Crippen LogP contribution in [0.3, 0.4) is 0 Å². The van der Waals surface area contributed by atoms with Crippen molar-refractivity contribution in [3.63, 3.8) is 0 Å². The molecule has 1 aromatic carbocycles. The fourth-order valence-electron chi connectivity index (χ4n) is 3.38. The molecule has 0 spiro atoms. The molecule has 0 saturated carbocycles. The van der Waals surface area contributed by atoms with Crippen molar-refractivity contribution in [2.24, 2.45) is 5.92 Å². The Hall–Kier alpha value is -1.03. The lowest BCUT2D eigenvalue weighted by molar-refractivity contribution is -0.0393. The van der Waals surface area contributed by atoms with Gasteiger partial charge in [-0.3, -0.25) is 0 Å². The van der Waals surface area contributed by atoms with Crippen LogP contribution < -0.4 is 5.32 Å². The van der Waals surface area contributed by atoms with E-state index in [1.165, 1.54) is 12.1 Å². The Morgan fingerprint density at radius 1 is 1.24 bits per heavy atom. The molecule has 2 atom stereocenters. The van der Waals surface area contributed by atoms with Crippen LogP contribution in [-0.2, 0) is 14.8 Å². The Labute approximate surface area is 148 Å². The van der Waals surface area contributed by atoms with E-state index in [1.807, 2.05) is 0 Å². The Bertz CT molecular complexity index is 663. The minimum Gasteiger partial charge on any atom is -0.389 e. The fraction of sp³-hybridized carbons (Fsp3) is 0.647. The van der Waals surface area contributed by atoms with Gasteiger partial charge in [0, 0.05) is 32.8 Å². The molecule has 0 aliphatic carbocycles. The van der Waals surface area contributed by atoms with Gasteiger partial charge in [-0.2, -0.15) is 4.31 Å². The van der Waals surface area contributed by atoms with E-state index < -0.39 is 21.7 Å². The summed E-state index contributed by atoms with van der Waals surface area (Å²) in [5.74, 6) is 0.486. The Morgan fingerprint density at radius 3 is 2.60 bits per heavy atom. The van der Waals surface area contributed by atoms with E-state index in [0.29, 0.717) is 5.92 Å². The highest BCUT2D eigenvalue weighted by molar-refractivity contribution is 7.89. The topological polar surface area (TPSA) is 99.1 Å². The standard InChI is InChI=1S/C17H26N2O5S/c20-16-11-19(25(22,23)15-4-2-1-3-5-15)13-17(16,21)12-18-10-14-6-8-24-9-7-14/h1-5,14,16,18,20-21H,6-13H2/t16-,17+/m1/s1. The monoisotopic (exact) mass is 370 g/mol. The molecular weight excluding hydrogens is 344 g/mol. The zero-order valence-electron chi connectivity index (χ0n) is 14.2. The Morgan fingerprint density at radius 2 is 1.92 bits per heavy atom. The number of hydrogen-bond donors (Lipinski definition) is 3. The molecule has 1 aromatic rings. The van der Waals surface area contributed by atoms with Crippen molar-refractivity contribution in [2.75, 3.05) is 39.4 Å². The normalized spacial score (nSPS) is 29.1. The summed E-state index contributed by atoms with van der Waals surface area (Å²) in [6, 6.07) is 8.08. The van der Waals surface area contributed by atoms with Crippen molar-refractivity contribution in [1.82, 2.24) is 9.62 Å². The first kappa shape index (κ1) is 18.8. The third kappa shape index (κ3) is 4.21. The average molecular weight is 370 g/mol. The van der Waals surface area contributed by atoms with Crippen molar-refractivity contribution in [2.45, 2.75) is 29.4 Å². The predicted octanol–water partition coefficient (Wildman–Crippen LogP) is -0.201. The van der Waals surface area contributed by atoms with Crippen LogP contribution in [0, 0.1) is 5.92 Å². The van der Waals surface area contributed by atoms with E-state index in [-0.39, 0.29) is 24.5 Å². The lowest BCUT2D eigenvalue weighted by atomic mass is 9.98. The first-order valence-electron chi connectivity index (χ1n) is 8.66. The van der Waals surface area contributed by atoms with E-state index in [2.05, 4.69) is 5.32 Å². The minimum absolute atomic E-state index is 0.104. The van der Waals surface area contributed by atoms with Crippen LogP contribution in [0.1, 0.15) is 12.8 Å². The third-order valence-electron chi connectivity index (χ3n) is 5.03. The highest BCUT2D eigenvalue weighted by atomic mass is 32.2. The number of aliphatic hydroxyl groups excluding tert-OH is 1. The van der Waals surface area contributed by atoms with Gasteiger partial charge >= 0.3 is 0 Å². The molecular formula is C17H26N2O5S. The molecule has 2 saturated heterocycles. The maximum Gasteiger partial charge on any atom is 0.243 e. The van der Waals surface area contributed by atoms with Crippen LogP contribution in [0.15, 0.2) is 35.2 Å².